The molecule has 152 valence electrons. The standard InChI is InChI=1S/C7H10O3.C6H14O2.C4H6O4/c1-5(2)7(8)10-4-6-3-9-6;1-2-3-4-5-6(7)8;5-3(6)1-2-4(7)8/h6H,1,3-4H2,2H3;6-8H,2-5H2,1H3;1-2H2,(H,5,6)(H,7,8). The van der Waals surface area contributed by atoms with Crippen molar-refractivity contribution in [3.8, 4) is 0 Å². The molecule has 1 atom stereocenters. The van der Waals surface area contributed by atoms with Crippen molar-refractivity contribution in [2.24, 2.45) is 0 Å². The first-order valence-corrected chi connectivity index (χ1v) is 8.34. The second-order valence-corrected chi connectivity index (χ2v) is 5.60. The fraction of sp³-hybridized carbons (Fsp3) is 0.706. The third-order valence-corrected chi connectivity index (χ3v) is 2.77. The van der Waals surface area contributed by atoms with Gasteiger partial charge in [0.2, 0.25) is 0 Å². The predicted molar refractivity (Wildman–Crippen MR) is 92.4 cm³/mol. The number of hydrogen-bond donors (Lipinski definition) is 4. The number of hydrogen-bond acceptors (Lipinski definition) is 7. The number of aliphatic carboxylic acids is 2. The van der Waals surface area contributed by atoms with Crippen LogP contribution in [-0.2, 0) is 23.9 Å². The van der Waals surface area contributed by atoms with Gasteiger partial charge < -0.3 is 29.9 Å². The molecule has 1 aliphatic heterocycles. The van der Waals surface area contributed by atoms with E-state index >= 15 is 0 Å². The van der Waals surface area contributed by atoms with E-state index in [0.29, 0.717) is 25.2 Å². The number of esters is 1. The molecule has 0 aromatic carbocycles. The van der Waals surface area contributed by atoms with Gasteiger partial charge in [-0.3, -0.25) is 9.59 Å². The molecule has 0 spiro atoms. The molecule has 1 fully saturated rings. The topological polar surface area (TPSA) is 154 Å². The molecule has 0 radical (unpaired) electrons. The van der Waals surface area contributed by atoms with Crippen LogP contribution in [0.25, 0.3) is 0 Å². The van der Waals surface area contributed by atoms with Gasteiger partial charge in [0.05, 0.1) is 19.4 Å². The zero-order valence-corrected chi connectivity index (χ0v) is 15.3. The number of carbonyl (C=O) groups excluding carboxylic acids is 1. The predicted octanol–water partition coefficient (Wildman–Crippen LogP) is 1.32. The van der Waals surface area contributed by atoms with E-state index in [1.807, 2.05) is 0 Å². The largest absolute Gasteiger partial charge is 0.481 e. The average Bonchev–Trinajstić information content (AvgIpc) is 3.36. The van der Waals surface area contributed by atoms with Crippen LogP contribution in [0.1, 0.15) is 52.4 Å². The monoisotopic (exact) mass is 378 g/mol. The minimum atomic E-state index is -1.10. The maximum atomic E-state index is 10.7. The van der Waals surface area contributed by atoms with Crippen molar-refractivity contribution in [3.63, 3.8) is 0 Å². The highest BCUT2D eigenvalue weighted by atomic mass is 16.6. The van der Waals surface area contributed by atoms with Gasteiger partial charge in [-0.15, -0.1) is 0 Å². The number of rotatable bonds is 10. The summed E-state index contributed by atoms with van der Waals surface area (Å²) in [6.07, 6.45) is 2.13. The van der Waals surface area contributed by atoms with Gasteiger partial charge in [-0.25, -0.2) is 4.79 Å². The molecular formula is C17H30O9. The Morgan fingerprint density at radius 2 is 1.65 bits per heavy atom. The molecule has 0 amide bonds. The molecule has 1 heterocycles. The fourth-order valence-corrected chi connectivity index (χ4v) is 1.25. The Morgan fingerprint density at radius 1 is 1.15 bits per heavy atom. The average molecular weight is 378 g/mol. The second kappa shape index (κ2) is 16.5. The highest BCUT2D eigenvalue weighted by Gasteiger charge is 2.24. The summed E-state index contributed by atoms with van der Waals surface area (Å²) < 4.78 is 9.60. The van der Waals surface area contributed by atoms with Gasteiger partial charge in [-0.2, -0.15) is 0 Å². The number of carboxylic acids is 2. The molecule has 0 saturated carbocycles. The summed E-state index contributed by atoms with van der Waals surface area (Å²) in [5, 5.41) is 32.5. The summed E-state index contributed by atoms with van der Waals surface area (Å²) in [4.78, 5) is 30.0. The molecule has 0 aliphatic carbocycles. The fourth-order valence-electron chi connectivity index (χ4n) is 1.25. The lowest BCUT2D eigenvalue weighted by Crippen LogP contribution is -2.09. The highest BCUT2D eigenvalue weighted by Crippen LogP contribution is 2.09. The maximum absolute atomic E-state index is 10.7. The Bertz CT molecular complexity index is 414. The molecule has 9 nitrogen and oxygen atoms in total. The Kier molecular flexibility index (Phi) is 16.7. The zero-order chi connectivity index (χ0) is 20.5. The smallest absolute Gasteiger partial charge is 0.333 e. The molecule has 0 aromatic heterocycles. The number of carboxylic acid groups (broad SMARTS) is 2. The Morgan fingerprint density at radius 3 is 1.96 bits per heavy atom. The lowest BCUT2D eigenvalue weighted by atomic mass is 10.2. The van der Waals surface area contributed by atoms with Gasteiger partial charge >= 0.3 is 17.9 Å². The minimum absolute atomic E-state index is 0.142. The van der Waals surface area contributed by atoms with Crippen molar-refractivity contribution < 1.29 is 44.3 Å². The van der Waals surface area contributed by atoms with Crippen molar-refractivity contribution in [1.29, 1.82) is 0 Å². The third-order valence-electron chi connectivity index (χ3n) is 2.77. The summed E-state index contributed by atoms with van der Waals surface area (Å²) in [5.74, 6) is -2.49. The summed E-state index contributed by atoms with van der Waals surface area (Å²) >= 11 is 0. The molecule has 9 heteroatoms. The van der Waals surface area contributed by atoms with E-state index in [9.17, 15) is 14.4 Å². The van der Waals surface area contributed by atoms with Crippen LogP contribution in [0.2, 0.25) is 0 Å². The lowest BCUT2D eigenvalue weighted by molar-refractivity contribution is -0.143. The molecule has 1 rings (SSSR count). The van der Waals surface area contributed by atoms with Crippen LogP contribution < -0.4 is 0 Å². The normalized spacial score (nSPS) is 14.3. The van der Waals surface area contributed by atoms with E-state index in [1.54, 1.807) is 6.92 Å². The summed E-state index contributed by atoms with van der Waals surface area (Å²) in [6.45, 7) is 8.22. The number of aliphatic hydroxyl groups excluding tert-OH is 1. The van der Waals surface area contributed by atoms with Crippen LogP contribution in [-0.4, -0.2) is 63.9 Å². The lowest BCUT2D eigenvalue weighted by Gasteiger charge is -1.99. The number of epoxide rings is 1. The Labute approximate surface area is 153 Å². The van der Waals surface area contributed by atoms with Gasteiger partial charge in [0.1, 0.15) is 12.7 Å². The zero-order valence-electron chi connectivity index (χ0n) is 15.3. The van der Waals surface area contributed by atoms with Gasteiger partial charge in [-0.1, -0.05) is 26.3 Å². The summed E-state index contributed by atoms with van der Waals surface area (Å²) in [7, 11) is 0. The first-order valence-electron chi connectivity index (χ1n) is 8.34. The molecular weight excluding hydrogens is 348 g/mol. The highest BCUT2D eigenvalue weighted by molar-refractivity contribution is 5.86. The van der Waals surface area contributed by atoms with Crippen LogP contribution in [0.15, 0.2) is 12.2 Å². The summed E-state index contributed by atoms with van der Waals surface area (Å²) in [5.41, 5.74) is 0.431. The number of carbonyl (C=O) groups is 3. The van der Waals surface area contributed by atoms with Crippen molar-refractivity contribution in [2.45, 2.75) is 64.8 Å². The second-order valence-electron chi connectivity index (χ2n) is 5.60. The van der Waals surface area contributed by atoms with E-state index in [4.69, 9.17) is 29.9 Å². The quantitative estimate of drug-likeness (QED) is 0.145. The number of aliphatic hydroxyl groups is 2. The summed E-state index contributed by atoms with van der Waals surface area (Å²) in [6, 6.07) is 0. The maximum Gasteiger partial charge on any atom is 0.333 e. The molecule has 0 bridgehead atoms. The van der Waals surface area contributed by atoms with E-state index in [0.717, 1.165) is 19.3 Å². The van der Waals surface area contributed by atoms with Gasteiger partial charge in [0.25, 0.3) is 0 Å². The molecule has 1 aliphatic rings. The molecule has 26 heavy (non-hydrogen) atoms. The van der Waals surface area contributed by atoms with Crippen molar-refractivity contribution in [3.05, 3.63) is 12.2 Å². The van der Waals surface area contributed by atoms with E-state index in [2.05, 4.69) is 13.5 Å². The van der Waals surface area contributed by atoms with Crippen LogP contribution in [0.3, 0.4) is 0 Å². The third kappa shape index (κ3) is 24.3. The minimum Gasteiger partial charge on any atom is -0.481 e. The van der Waals surface area contributed by atoms with Crippen LogP contribution >= 0.6 is 0 Å². The van der Waals surface area contributed by atoms with E-state index in [-0.39, 0.29) is 24.9 Å². The van der Waals surface area contributed by atoms with Gasteiger partial charge in [0.15, 0.2) is 6.29 Å². The van der Waals surface area contributed by atoms with E-state index < -0.39 is 18.2 Å². The van der Waals surface area contributed by atoms with Crippen molar-refractivity contribution in [2.75, 3.05) is 13.2 Å². The Hall–Kier alpha value is -1.97. The van der Waals surface area contributed by atoms with Crippen LogP contribution in [0, 0.1) is 0 Å². The van der Waals surface area contributed by atoms with E-state index in [1.165, 1.54) is 0 Å². The SMILES string of the molecule is C=C(C)C(=O)OCC1CO1.CCCCCC(O)O.O=C(O)CCC(=O)O. The van der Waals surface area contributed by atoms with Crippen molar-refractivity contribution >= 4 is 17.9 Å². The molecule has 4 N–H and O–H groups in total. The van der Waals surface area contributed by atoms with Crippen LogP contribution in [0.4, 0.5) is 0 Å². The molecule has 1 saturated heterocycles. The number of ether oxygens (including phenoxy) is 2. The Balaban J connectivity index is 0. The van der Waals surface area contributed by atoms with Gasteiger partial charge in [-0.05, 0) is 19.8 Å². The van der Waals surface area contributed by atoms with Gasteiger partial charge in [0, 0.05) is 5.57 Å². The van der Waals surface area contributed by atoms with Crippen LogP contribution in [0.5, 0.6) is 0 Å². The first kappa shape index (κ1) is 26.3. The molecule has 0 aromatic rings. The van der Waals surface area contributed by atoms with Crippen molar-refractivity contribution in [1.82, 2.24) is 0 Å². The first-order chi connectivity index (χ1) is 12.1. The molecule has 1 unspecified atom stereocenters. The number of unbranched alkanes of at least 4 members (excludes halogenated alkanes) is 2.